The fourth-order valence-electron chi connectivity index (χ4n) is 0.641. The maximum atomic E-state index is 10.4. The zero-order valence-corrected chi connectivity index (χ0v) is 10.3. The second-order valence-electron chi connectivity index (χ2n) is 2.44. The monoisotopic (exact) mass is 302 g/mol. The quantitative estimate of drug-likeness (QED) is 0.211. The van der Waals surface area contributed by atoms with Crippen LogP contribution in [0.3, 0.4) is 0 Å². The fraction of sp³-hybridized carbons (Fsp3) is 0.875. The van der Waals surface area contributed by atoms with Crippen LogP contribution >= 0.6 is 0 Å². The molecule has 0 aromatic carbocycles. The molecule has 0 rings (SSSR count). The maximum absolute atomic E-state index is 10.4. The molecule has 0 aliphatic heterocycles. The van der Waals surface area contributed by atoms with Crippen LogP contribution in [-0.2, 0) is 14.3 Å². The van der Waals surface area contributed by atoms with Gasteiger partial charge in [-0.15, -0.1) is 0 Å². The molecule has 5 heteroatoms. The molecule has 0 amide bonds. The van der Waals surface area contributed by atoms with Gasteiger partial charge in [0.05, 0.1) is 0 Å². The molecule has 0 saturated carbocycles. The van der Waals surface area contributed by atoms with Gasteiger partial charge in [-0.25, -0.2) is 0 Å². The van der Waals surface area contributed by atoms with Gasteiger partial charge in [-0.2, -0.15) is 0 Å². The van der Waals surface area contributed by atoms with E-state index in [2.05, 4.69) is 8.46 Å². The number of hydrogen-bond acceptors (Lipinski definition) is 4. The average Bonchev–Trinajstić information content (AvgIpc) is 2.09. The number of carbonyl (C=O) groups excluding carboxylic acids is 1. The molecule has 0 heterocycles. The molecule has 0 bridgehead atoms. The van der Waals surface area contributed by atoms with Gasteiger partial charge in [-0.3, -0.25) is 0 Å². The second kappa shape index (κ2) is 10.4. The van der Waals surface area contributed by atoms with Crippen LogP contribution in [0.5, 0.6) is 0 Å². The number of ketones is 1. The molecule has 80 valence electrons. The molecule has 0 atom stereocenters. The van der Waals surface area contributed by atoms with Gasteiger partial charge < -0.3 is 0 Å². The normalized spacial score (nSPS) is 10.6. The summed E-state index contributed by atoms with van der Waals surface area (Å²) in [5.41, 5.74) is 0. The van der Waals surface area contributed by atoms with E-state index in [0.717, 1.165) is 13.2 Å². The van der Waals surface area contributed by atoms with Crippen molar-refractivity contribution in [3.8, 4) is 0 Å². The summed E-state index contributed by atoms with van der Waals surface area (Å²) in [6.45, 7) is 4.41. The third-order valence-electron chi connectivity index (χ3n) is 1.15. The van der Waals surface area contributed by atoms with E-state index in [-0.39, 0.29) is 33.9 Å². The number of Topliss-reactive ketones (excluding diaryl/α,β-unsaturated/α-hetero) is 1. The Labute approximate surface area is 90.0 Å². The third kappa shape index (κ3) is 12.3. The molecule has 0 radical (unpaired) electrons. The van der Waals surface area contributed by atoms with Crippen LogP contribution in [-0.4, -0.2) is 43.7 Å². The minimum atomic E-state index is 0.0531. The summed E-state index contributed by atoms with van der Waals surface area (Å²) in [6.07, 6.45) is 0. The van der Waals surface area contributed by atoms with Crippen molar-refractivity contribution in [1.82, 2.24) is 3.53 Å². The van der Waals surface area contributed by atoms with Crippen LogP contribution in [0.1, 0.15) is 6.92 Å². The molecule has 0 fully saturated rings. The van der Waals surface area contributed by atoms with E-state index < -0.39 is 0 Å². The van der Waals surface area contributed by atoms with Gasteiger partial charge in [-0.1, -0.05) is 0 Å². The van der Waals surface area contributed by atoms with E-state index in [1.165, 1.54) is 6.92 Å². The van der Waals surface area contributed by atoms with Crippen LogP contribution in [0.2, 0.25) is 0 Å². The van der Waals surface area contributed by atoms with E-state index in [9.17, 15) is 4.79 Å². The Balaban J connectivity index is 2.87. The van der Waals surface area contributed by atoms with E-state index in [1.807, 2.05) is 0 Å². The summed E-state index contributed by atoms with van der Waals surface area (Å²) < 4.78 is 13.5. The molecule has 0 saturated heterocycles. The van der Waals surface area contributed by atoms with Crippen molar-refractivity contribution < 1.29 is 35.7 Å². The summed E-state index contributed by atoms with van der Waals surface area (Å²) in [5.74, 6) is 0.0531. The number of ether oxygens (including phenoxy) is 2. The molecule has 0 aromatic rings. The molecule has 0 spiro atoms. The Morgan fingerprint density at radius 2 is 2.00 bits per heavy atom. The first kappa shape index (κ1) is 13.3. The summed E-state index contributed by atoms with van der Waals surface area (Å²) in [5, 5.41) is 0. The fourth-order valence-corrected chi connectivity index (χ4v) is 1.40. The van der Waals surface area contributed by atoms with Crippen molar-refractivity contribution in [3.63, 3.8) is 0 Å². The number of halogens is 1. The van der Waals surface area contributed by atoms with Gasteiger partial charge >= 0.3 is 89.9 Å². The molecule has 13 heavy (non-hydrogen) atoms. The van der Waals surface area contributed by atoms with Gasteiger partial charge in [-0.05, 0) is 0 Å². The Bertz CT molecular complexity index is 133. The summed E-state index contributed by atoms with van der Waals surface area (Å²) >= 11 is 0.163. The molecule has 4 nitrogen and oxygen atoms in total. The van der Waals surface area contributed by atoms with Crippen molar-refractivity contribution in [2.24, 2.45) is 0 Å². The Hall–Kier alpha value is 0.280. The predicted octanol–water partition coefficient (Wildman–Crippen LogP) is -3.17. The number of hydrogen-bond donors (Lipinski definition) is 1. The number of carbonyl (C=O) groups is 1. The van der Waals surface area contributed by atoms with Crippen LogP contribution in [0.15, 0.2) is 0 Å². The standard InChI is InChI=1S/C8H17INO3/c1-8(11)7-13-6-5-12-4-3-10-9-2/h10H,3-7H2,1-2H3/q-1. The molecule has 0 aliphatic rings. The number of nitrogens with one attached hydrogen (secondary N) is 1. The molecule has 0 aromatic heterocycles. The summed E-state index contributed by atoms with van der Waals surface area (Å²) in [4.78, 5) is 12.6. The Morgan fingerprint density at radius 3 is 2.62 bits per heavy atom. The number of alkyl halides is 1. The summed E-state index contributed by atoms with van der Waals surface area (Å²) in [6, 6.07) is 0. The topological polar surface area (TPSA) is 47.6 Å². The zero-order valence-electron chi connectivity index (χ0n) is 8.14. The van der Waals surface area contributed by atoms with Crippen molar-refractivity contribution in [3.05, 3.63) is 0 Å². The molecule has 1 N–H and O–H groups in total. The molecular weight excluding hydrogens is 285 g/mol. The van der Waals surface area contributed by atoms with Gasteiger partial charge in [0.15, 0.2) is 0 Å². The minimum absolute atomic E-state index is 0.0531. The first-order valence-corrected chi connectivity index (χ1v) is 7.37. The Morgan fingerprint density at radius 1 is 1.31 bits per heavy atom. The molecule has 0 aliphatic carbocycles. The molecule has 0 unspecified atom stereocenters. The second-order valence-corrected chi connectivity index (χ2v) is 4.28. The van der Waals surface area contributed by atoms with Crippen LogP contribution < -0.4 is 25.0 Å². The predicted molar refractivity (Wildman–Crippen MR) is 46.2 cm³/mol. The van der Waals surface area contributed by atoms with Gasteiger partial charge in [0.2, 0.25) is 0 Å². The van der Waals surface area contributed by atoms with E-state index in [0.29, 0.717) is 13.2 Å². The van der Waals surface area contributed by atoms with Crippen molar-refractivity contribution in [2.45, 2.75) is 6.92 Å². The van der Waals surface area contributed by atoms with Crippen LogP contribution in [0, 0.1) is 0 Å². The number of rotatable bonds is 9. The SMILES string of the molecule is C[I-]NCCOCCOCC(C)=O. The summed E-state index contributed by atoms with van der Waals surface area (Å²) in [7, 11) is 0. The van der Waals surface area contributed by atoms with Crippen molar-refractivity contribution >= 4 is 5.78 Å². The molecular formula is C8H17INO3-. The van der Waals surface area contributed by atoms with Crippen LogP contribution in [0.25, 0.3) is 0 Å². The first-order chi connectivity index (χ1) is 6.27. The van der Waals surface area contributed by atoms with Gasteiger partial charge in [0.1, 0.15) is 0 Å². The van der Waals surface area contributed by atoms with E-state index >= 15 is 0 Å². The van der Waals surface area contributed by atoms with E-state index in [4.69, 9.17) is 9.47 Å². The third-order valence-corrected chi connectivity index (χ3v) is 2.45. The van der Waals surface area contributed by atoms with Crippen LogP contribution in [0.4, 0.5) is 0 Å². The first-order valence-electron chi connectivity index (χ1n) is 4.13. The van der Waals surface area contributed by atoms with Crippen molar-refractivity contribution in [2.75, 3.05) is 37.9 Å². The van der Waals surface area contributed by atoms with Gasteiger partial charge in [0, 0.05) is 0 Å². The van der Waals surface area contributed by atoms with Gasteiger partial charge in [0.25, 0.3) is 0 Å². The average molecular weight is 302 g/mol. The zero-order chi connectivity index (χ0) is 9.94. The Kier molecular flexibility index (Phi) is 10.6. The van der Waals surface area contributed by atoms with Crippen molar-refractivity contribution in [1.29, 1.82) is 0 Å². The van der Waals surface area contributed by atoms with E-state index in [1.54, 1.807) is 0 Å².